The van der Waals surface area contributed by atoms with E-state index in [1.54, 1.807) is 4.90 Å². The molecule has 3 aliphatic rings. The Balaban J connectivity index is 1.53. The number of fused-ring (bicyclic) bond motifs is 1. The number of nitrogens with two attached hydrogens (primary N) is 2. The fourth-order valence-corrected chi connectivity index (χ4v) is 6.05. The monoisotopic (exact) mass is 441 g/mol. The number of carbonyl (C=O) groups is 2. The van der Waals surface area contributed by atoms with Crippen LogP contribution in [0, 0.1) is 11.8 Å². The lowest BCUT2D eigenvalue weighted by Crippen LogP contribution is -2.60. The third-order valence-corrected chi connectivity index (χ3v) is 7.69. The van der Waals surface area contributed by atoms with Crippen molar-refractivity contribution in [2.45, 2.75) is 63.5 Å². The van der Waals surface area contributed by atoms with Crippen molar-refractivity contribution in [1.29, 1.82) is 0 Å². The molecule has 1 saturated carbocycles. The molecule has 2 aliphatic heterocycles. The van der Waals surface area contributed by atoms with Gasteiger partial charge in [-0.2, -0.15) is 0 Å². The Morgan fingerprint density at radius 2 is 1.88 bits per heavy atom. The summed E-state index contributed by atoms with van der Waals surface area (Å²) < 4.78 is 0. The van der Waals surface area contributed by atoms with E-state index in [1.165, 1.54) is 19.3 Å². The Morgan fingerprint density at radius 3 is 2.66 bits per heavy atom. The minimum Gasteiger partial charge on any atom is -0.409 e. The molecule has 8 heteroatoms. The molecule has 1 aliphatic carbocycles. The van der Waals surface area contributed by atoms with Crippen molar-refractivity contribution in [3.05, 3.63) is 35.4 Å². The predicted molar refractivity (Wildman–Crippen MR) is 122 cm³/mol. The molecule has 4 rings (SSSR count). The fourth-order valence-electron chi connectivity index (χ4n) is 6.05. The number of hydrogen-bond donors (Lipinski definition) is 3. The largest absolute Gasteiger partial charge is 0.409 e. The minimum absolute atomic E-state index is 0.0910. The number of hydrogen-bond acceptors (Lipinski definition) is 5. The molecular weight excluding hydrogens is 406 g/mol. The highest BCUT2D eigenvalue weighted by Gasteiger charge is 2.46. The molecule has 2 saturated heterocycles. The Morgan fingerprint density at radius 1 is 1.06 bits per heavy atom. The maximum absolute atomic E-state index is 13.8. The van der Waals surface area contributed by atoms with Gasteiger partial charge in [0.15, 0.2) is 5.84 Å². The van der Waals surface area contributed by atoms with Crippen molar-refractivity contribution < 1.29 is 14.8 Å². The Bertz CT molecular complexity index is 873. The van der Waals surface area contributed by atoms with Gasteiger partial charge in [-0.1, -0.05) is 42.6 Å². The van der Waals surface area contributed by atoms with Crippen LogP contribution in [0.1, 0.15) is 56.1 Å². The van der Waals surface area contributed by atoms with Gasteiger partial charge in [0, 0.05) is 18.7 Å². The van der Waals surface area contributed by atoms with E-state index >= 15 is 0 Å². The van der Waals surface area contributed by atoms with Gasteiger partial charge in [0.05, 0.1) is 6.04 Å². The highest BCUT2D eigenvalue weighted by atomic mass is 16.4. The molecule has 2 heterocycles. The number of oxime groups is 1. The van der Waals surface area contributed by atoms with Crippen LogP contribution in [0.4, 0.5) is 0 Å². The molecule has 174 valence electrons. The average Bonchev–Trinajstić information content (AvgIpc) is 3.32. The quantitative estimate of drug-likeness (QED) is 0.268. The standard InChI is InChI=1S/C24H35N5O3/c25-22(27-32)18-7-3-5-16(15-18)10-13-28-14-11-17-6-1-2-8-19(17)21(28)24(31)29-12-4-9-20(29)23(26)30/h3,5,7,15,17,19-21,32H,1-2,4,6,8-14H2,(H2,25,27)(H2,26,30)/t17-,19-,20-,21+/m0/s1. The van der Waals surface area contributed by atoms with E-state index in [0.29, 0.717) is 30.4 Å². The lowest BCUT2D eigenvalue weighted by atomic mass is 9.70. The molecule has 0 bridgehead atoms. The first-order chi connectivity index (χ1) is 15.5. The first-order valence-electron chi connectivity index (χ1n) is 11.9. The highest BCUT2D eigenvalue weighted by Crippen LogP contribution is 2.41. The van der Waals surface area contributed by atoms with Crippen LogP contribution in [0.2, 0.25) is 0 Å². The topological polar surface area (TPSA) is 125 Å². The summed E-state index contributed by atoms with van der Waals surface area (Å²) in [5.74, 6) is 0.733. The smallest absolute Gasteiger partial charge is 0.240 e. The van der Waals surface area contributed by atoms with Crippen molar-refractivity contribution in [2.75, 3.05) is 19.6 Å². The van der Waals surface area contributed by atoms with E-state index < -0.39 is 11.9 Å². The molecule has 1 aromatic carbocycles. The van der Waals surface area contributed by atoms with Gasteiger partial charge in [-0.15, -0.1) is 0 Å². The van der Waals surface area contributed by atoms with Crippen molar-refractivity contribution >= 4 is 17.6 Å². The first kappa shape index (κ1) is 22.6. The molecule has 0 unspecified atom stereocenters. The van der Waals surface area contributed by atoms with Gasteiger partial charge in [-0.05, 0) is 62.1 Å². The number of primary amides is 1. The van der Waals surface area contributed by atoms with E-state index in [4.69, 9.17) is 16.7 Å². The first-order valence-corrected chi connectivity index (χ1v) is 11.9. The SMILES string of the molecule is NC(=O)[C@@H]1CCCN1C(=O)[C@H]1[C@H]2CCCC[C@H]2CCN1CCc1cccc(C(N)=NO)c1. The van der Waals surface area contributed by atoms with E-state index in [1.807, 2.05) is 24.3 Å². The van der Waals surface area contributed by atoms with E-state index in [0.717, 1.165) is 44.3 Å². The van der Waals surface area contributed by atoms with E-state index in [-0.39, 0.29) is 17.8 Å². The molecule has 5 N–H and O–H groups in total. The molecule has 0 aromatic heterocycles. The van der Waals surface area contributed by atoms with E-state index in [9.17, 15) is 9.59 Å². The summed E-state index contributed by atoms with van der Waals surface area (Å²) in [4.78, 5) is 29.8. The third-order valence-electron chi connectivity index (χ3n) is 7.69. The molecule has 32 heavy (non-hydrogen) atoms. The van der Waals surface area contributed by atoms with Crippen LogP contribution in [-0.2, 0) is 16.0 Å². The van der Waals surface area contributed by atoms with Crippen LogP contribution in [0.3, 0.4) is 0 Å². The van der Waals surface area contributed by atoms with Gasteiger partial charge in [0.25, 0.3) is 0 Å². The molecule has 0 radical (unpaired) electrons. The van der Waals surface area contributed by atoms with Crippen LogP contribution in [0.25, 0.3) is 0 Å². The van der Waals surface area contributed by atoms with Crippen molar-refractivity contribution in [1.82, 2.24) is 9.80 Å². The maximum atomic E-state index is 13.8. The summed E-state index contributed by atoms with van der Waals surface area (Å²) in [6, 6.07) is 7.04. The normalized spacial score (nSPS) is 29.0. The zero-order chi connectivity index (χ0) is 22.7. The number of amidine groups is 1. The Kier molecular flexibility index (Phi) is 6.98. The molecule has 8 nitrogen and oxygen atoms in total. The highest BCUT2D eigenvalue weighted by molar-refractivity contribution is 5.97. The Hall–Kier alpha value is -2.61. The van der Waals surface area contributed by atoms with Crippen molar-refractivity contribution in [3.63, 3.8) is 0 Å². The number of amides is 2. The number of carbonyl (C=O) groups excluding carboxylic acids is 2. The minimum atomic E-state index is -0.467. The molecule has 2 amide bonds. The summed E-state index contributed by atoms with van der Waals surface area (Å²) in [6.07, 6.45) is 8.08. The number of nitrogens with zero attached hydrogens (tertiary/aromatic N) is 3. The lowest BCUT2D eigenvalue weighted by molar-refractivity contribution is -0.147. The second kappa shape index (κ2) is 9.90. The number of benzene rings is 1. The van der Waals surface area contributed by atoms with Crippen molar-refractivity contribution in [2.24, 2.45) is 28.5 Å². The van der Waals surface area contributed by atoms with Crippen LogP contribution in [-0.4, -0.2) is 64.4 Å². The van der Waals surface area contributed by atoms with Gasteiger partial charge >= 0.3 is 0 Å². The average molecular weight is 442 g/mol. The molecular formula is C24H35N5O3. The van der Waals surface area contributed by atoms with Crippen LogP contribution in [0.5, 0.6) is 0 Å². The van der Waals surface area contributed by atoms with Gasteiger partial charge in [0.2, 0.25) is 11.8 Å². The molecule has 0 spiro atoms. The van der Waals surface area contributed by atoms with Crippen molar-refractivity contribution in [3.8, 4) is 0 Å². The van der Waals surface area contributed by atoms with Crippen LogP contribution in [0.15, 0.2) is 29.4 Å². The summed E-state index contributed by atoms with van der Waals surface area (Å²) >= 11 is 0. The summed E-state index contributed by atoms with van der Waals surface area (Å²) in [7, 11) is 0. The van der Waals surface area contributed by atoms with E-state index in [2.05, 4.69) is 10.1 Å². The summed E-state index contributed by atoms with van der Waals surface area (Å²) in [5, 5.41) is 12.1. The third kappa shape index (κ3) is 4.60. The molecule has 3 fully saturated rings. The molecule has 1 aromatic rings. The number of likely N-dealkylation sites (tertiary alicyclic amines) is 2. The summed E-state index contributed by atoms with van der Waals surface area (Å²) in [5.41, 5.74) is 13.1. The summed E-state index contributed by atoms with van der Waals surface area (Å²) in [6.45, 7) is 2.27. The van der Waals surface area contributed by atoms with Gasteiger partial charge in [-0.25, -0.2) is 0 Å². The van der Waals surface area contributed by atoms with Gasteiger partial charge in [0.1, 0.15) is 6.04 Å². The second-order valence-electron chi connectivity index (χ2n) is 9.51. The van der Waals surface area contributed by atoms with Crippen LogP contribution >= 0.6 is 0 Å². The van der Waals surface area contributed by atoms with Gasteiger partial charge < -0.3 is 21.6 Å². The fraction of sp³-hybridized carbons (Fsp3) is 0.625. The van der Waals surface area contributed by atoms with Crippen LogP contribution < -0.4 is 11.5 Å². The number of rotatable bonds is 6. The number of piperidine rings is 1. The predicted octanol–water partition coefficient (Wildman–Crippen LogP) is 1.68. The molecule has 4 atom stereocenters. The lowest BCUT2D eigenvalue weighted by Gasteiger charge is -2.48. The Labute approximate surface area is 189 Å². The second-order valence-corrected chi connectivity index (χ2v) is 9.51. The zero-order valence-electron chi connectivity index (χ0n) is 18.7. The zero-order valence-corrected chi connectivity index (χ0v) is 18.7. The van der Waals surface area contributed by atoms with Gasteiger partial charge in [-0.3, -0.25) is 14.5 Å². The maximum Gasteiger partial charge on any atom is 0.240 e.